The van der Waals surface area contributed by atoms with Crippen molar-refractivity contribution in [2.75, 3.05) is 26.2 Å². The zero-order valence-electron chi connectivity index (χ0n) is 28.7. The molecule has 1 saturated heterocycles. The second kappa shape index (κ2) is 16.4. The number of hydrogen-bond donors (Lipinski definition) is 3. The summed E-state index contributed by atoms with van der Waals surface area (Å²) >= 11 is 0. The Labute approximate surface area is 296 Å². The molecule has 282 valence electrons. The van der Waals surface area contributed by atoms with E-state index in [9.17, 15) is 40.7 Å². The lowest BCUT2D eigenvalue weighted by Gasteiger charge is -2.40. The van der Waals surface area contributed by atoms with Crippen LogP contribution >= 0.6 is 0 Å². The van der Waals surface area contributed by atoms with E-state index in [0.29, 0.717) is 73.5 Å². The van der Waals surface area contributed by atoms with E-state index in [4.69, 9.17) is 5.41 Å². The molecule has 2 amide bonds. The molecule has 2 fully saturated rings. The molecule has 16 heteroatoms. The minimum Gasteiger partial charge on any atom is -0.361 e. The van der Waals surface area contributed by atoms with Crippen molar-refractivity contribution in [2.24, 2.45) is 11.8 Å². The Bertz CT molecular complexity index is 1740. The molecule has 10 nitrogen and oxygen atoms in total. The van der Waals surface area contributed by atoms with Gasteiger partial charge in [0.05, 0.1) is 11.4 Å². The van der Waals surface area contributed by atoms with Crippen molar-refractivity contribution in [3.63, 3.8) is 0 Å². The number of nitrogens with zero attached hydrogens (tertiary/aromatic N) is 3. The Morgan fingerprint density at radius 1 is 1.02 bits per heavy atom. The fraction of sp³-hybridized carbons (Fsp3) is 0.528. The lowest BCUT2D eigenvalue weighted by molar-refractivity contribution is -0.190. The molecule has 52 heavy (non-hydrogen) atoms. The van der Waals surface area contributed by atoms with Gasteiger partial charge in [0.1, 0.15) is 6.04 Å². The minimum atomic E-state index is -5.36. The first-order chi connectivity index (χ1) is 24.6. The number of piperidine rings is 1. The number of nitrogens with one attached hydrogen (secondary N) is 3. The number of carbonyl (C=O) groups is 2. The van der Waals surface area contributed by atoms with Crippen LogP contribution in [0.3, 0.4) is 0 Å². The highest BCUT2D eigenvalue weighted by molar-refractivity contribution is 5.90. The van der Waals surface area contributed by atoms with E-state index in [1.807, 2.05) is 4.90 Å². The smallest absolute Gasteiger partial charge is 0.361 e. The Morgan fingerprint density at radius 2 is 1.69 bits per heavy atom. The summed E-state index contributed by atoms with van der Waals surface area (Å²) in [6.07, 6.45) is -5.88. The standard InChI is InChI=1S/C36H42F6N6O4/c1-22(43)47-16-14-24(15-17-47)20-44-32(49)30(25-6-3-2-4-7-25)48(33(50)36(40,41)42)21-28(27-8-5-9-29(19-27)35(37,38)39)18-23-10-12-26(13-11-23)31-45-34(51)52-46-31/h5,8-13,19,24-25,28,30,43H,2-4,6-7,14-18,20-21H2,1H3,(H,44,49)(H,45,46,51). The van der Waals surface area contributed by atoms with Gasteiger partial charge in [-0.3, -0.25) is 24.5 Å². The summed E-state index contributed by atoms with van der Waals surface area (Å²) in [6, 6.07) is 9.09. The molecule has 3 aromatic rings. The minimum absolute atomic E-state index is 0.0224. The van der Waals surface area contributed by atoms with Crippen molar-refractivity contribution < 1.29 is 40.5 Å². The molecule has 2 atom stereocenters. The largest absolute Gasteiger partial charge is 0.471 e. The molecular weight excluding hydrogens is 694 g/mol. The van der Waals surface area contributed by atoms with E-state index in [1.165, 1.54) is 12.1 Å². The normalized spacial score (nSPS) is 17.4. The number of hydrogen-bond acceptors (Lipinski definition) is 6. The molecule has 5 rings (SSSR count). The summed E-state index contributed by atoms with van der Waals surface area (Å²) < 4.78 is 89.5. The van der Waals surface area contributed by atoms with Gasteiger partial charge in [0.15, 0.2) is 5.82 Å². The van der Waals surface area contributed by atoms with Gasteiger partial charge in [0.25, 0.3) is 0 Å². The lowest BCUT2D eigenvalue weighted by atomic mass is 9.81. The number of H-pyrrole nitrogens is 1. The van der Waals surface area contributed by atoms with Crippen molar-refractivity contribution in [1.82, 2.24) is 25.3 Å². The van der Waals surface area contributed by atoms with E-state index in [1.54, 1.807) is 31.2 Å². The second-order valence-corrected chi connectivity index (χ2v) is 13.7. The van der Waals surface area contributed by atoms with Crippen LogP contribution in [0.25, 0.3) is 11.4 Å². The molecule has 0 radical (unpaired) electrons. The molecular formula is C36H42F6N6O4. The van der Waals surface area contributed by atoms with E-state index in [2.05, 4.69) is 20.0 Å². The Balaban J connectivity index is 1.49. The Hall–Kier alpha value is -4.63. The topological polar surface area (TPSA) is 135 Å². The number of halogens is 6. The molecule has 3 N–H and O–H groups in total. The first-order valence-corrected chi connectivity index (χ1v) is 17.4. The van der Waals surface area contributed by atoms with Gasteiger partial charge in [-0.25, -0.2) is 4.79 Å². The van der Waals surface area contributed by atoms with Crippen molar-refractivity contribution in [1.29, 1.82) is 5.41 Å². The fourth-order valence-electron chi connectivity index (χ4n) is 7.30. The van der Waals surface area contributed by atoms with Crippen LogP contribution in [0.2, 0.25) is 0 Å². The molecule has 1 aliphatic carbocycles. The second-order valence-electron chi connectivity index (χ2n) is 13.7. The van der Waals surface area contributed by atoms with Gasteiger partial charge in [-0.2, -0.15) is 26.3 Å². The van der Waals surface area contributed by atoms with Gasteiger partial charge in [0.2, 0.25) is 5.91 Å². The summed E-state index contributed by atoms with van der Waals surface area (Å²) in [5.74, 6) is -4.82. The highest BCUT2D eigenvalue weighted by Crippen LogP contribution is 2.36. The zero-order valence-corrected chi connectivity index (χ0v) is 28.7. The molecule has 2 aromatic carbocycles. The van der Waals surface area contributed by atoms with Crippen molar-refractivity contribution in [2.45, 2.75) is 82.6 Å². The highest BCUT2D eigenvalue weighted by atomic mass is 19.4. The van der Waals surface area contributed by atoms with Crippen molar-refractivity contribution in [3.05, 3.63) is 75.8 Å². The summed E-state index contributed by atoms with van der Waals surface area (Å²) in [6.45, 7) is 2.41. The lowest BCUT2D eigenvalue weighted by Crippen LogP contribution is -2.58. The number of aromatic amines is 1. The quantitative estimate of drug-likeness (QED) is 0.116. The number of aromatic nitrogens is 2. The van der Waals surface area contributed by atoms with E-state index in [-0.39, 0.29) is 30.3 Å². The van der Waals surface area contributed by atoms with Crippen LogP contribution in [-0.4, -0.2) is 76.0 Å². The van der Waals surface area contributed by atoms with Crippen LogP contribution in [0, 0.1) is 17.2 Å². The Kier molecular flexibility index (Phi) is 12.1. The number of amides is 2. The molecule has 2 aliphatic rings. The fourth-order valence-corrected chi connectivity index (χ4v) is 7.30. The monoisotopic (exact) mass is 736 g/mol. The third-order valence-corrected chi connectivity index (χ3v) is 10.1. The predicted molar refractivity (Wildman–Crippen MR) is 179 cm³/mol. The van der Waals surface area contributed by atoms with Crippen LogP contribution < -0.4 is 11.1 Å². The van der Waals surface area contributed by atoms with Crippen LogP contribution in [0.15, 0.2) is 57.8 Å². The SMILES string of the molecule is CC(=N)N1CCC(CNC(=O)C(C2CCCCC2)N(CC(Cc2ccc(-c3noc(=O)[nH]3)cc2)c2cccc(C(F)(F)F)c2)C(=O)C(F)(F)F)CC1. The third kappa shape index (κ3) is 9.82. The summed E-state index contributed by atoms with van der Waals surface area (Å²) in [4.78, 5) is 43.7. The van der Waals surface area contributed by atoms with E-state index >= 15 is 0 Å². The maximum atomic E-state index is 14.4. The Morgan fingerprint density at radius 3 is 2.27 bits per heavy atom. The molecule has 1 aliphatic heterocycles. The zero-order chi connectivity index (χ0) is 37.6. The average Bonchev–Trinajstić information content (AvgIpc) is 3.56. The summed E-state index contributed by atoms with van der Waals surface area (Å²) in [7, 11) is 0. The maximum absolute atomic E-state index is 14.4. The number of alkyl halides is 6. The number of carbonyl (C=O) groups excluding carboxylic acids is 2. The maximum Gasteiger partial charge on any atom is 0.471 e. The molecule has 2 unspecified atom stereocenters. The predicted octanol–water partition coefficient (Wildman–Crippen LogP) is 6.54. The summed E-state index contributed by atoms with van der Waals surface area (Å²) in [5.41, 5.74) is 0.0176. The number of likely N-dealkylation sites (tertiary alicyclic amines) is 1. The van der Waals surface area contributed by atoms with Crippen LogP contribution in [0.4, 0.5) is 26.3 Å². The first kappa shape index (κ1) is 38.6. The molecule has 1 aromatic heterocycles. The van der Waals surface area contributed by atoms with E-state index in [0.717, 1.165) is 18.6 Å². The van der Waals surface area contributed by atoms with Crippen molar-refractivity contribution >= 4 is 17.6 Å². The number of benzene rings is 2. The van der Waals surface area contributed by atoms with Gasteiger partial charge in [-0.1, -0.05) is 66.9 Å². The van der Waals surface area contributed by atoms with Gasteiger partial charge in [0, 0.05) is 37.7 Å². The van der Waals surface area contributed by atoms with Gasteiger partial charge in [-0.15, -0.1) is 0 Å². The molecule has 2 heterocycles. The molecule has 0 bridgehead atoms. The molecule has 0 spiro atoms. The number of rotatable bonds is 11. The third-order valence-electron chi connectivity index (χ3n) is 10.1. The average molecular weight is 737 g/mol. The van der Waals surface area contributed by atoms with Crippen LogP contribution in [0.1, 0.15) is 74.5 Å². The van der Waals surface area contributed by atoms with Crippen LogP contribution in [-0.2, 0) is 22.2 Å². The first-order valence-electron chi connectivity index (χ1n) is 17.4. The van der Waals surface area contributed by atoms with Crippen LogP contribution in [0.5, 0.6) is 0 Å². The number of amidine groups is 1. The van der Waals surface area contributed by atoms with Gasteiger partial charge < -0.3 is 15.1 Å². The van der Waals surface area contributed by atoms with Gasteiger partial charge >= 0.3 is 24.0 Å². The summed E-state index contributed by atoms with van der Waals surface area (Å²) in [5, 5.41) is 14.3. The van der Waals surface area contributed by atoms with E-state index < -0.39 is 59.9 Å². The highest BCUT2D eigenvalue weighted by Gasteiger charge is 2.49. The van der Waals surface area contributed by atoms with Crippen molar-refractivity contribution in [3.8, 4) is 11.4 Å². The van der Waals surface area contributed by atoms with Gasteiger partial charge in [-0.05, 0) is 68.1 Å². The molecule has 1 saturated carbocycles.